The third kappa shape index (κ3) is 5.09. The second-order valence-corrected chi connectivity index (χ2v) is 9.63. The molecule has 34 heavy (non-hydrogen) atoms. The summed E-state index contributed by atoms with van der Waals surface area (Å²) >= 11 is 1.52. The molecular formula is C25H25F3N2O3S. The molecule has 0 bridgehead atoms. The first kappa shape index (κ1) is 24.2. The molecule has 1 aliphatic carbocycles. The lowest BCUT2D eigenvalue weighted by Gasteiger charge is -2.26. The Kier molecular flexibility index (Phi) is 6.93. The minimum absolute atomic E-state index is 0.0990. The van der Waals surface area contributed by atoms with E-state index >= 15 is 0 Å². The molecule has 1 aliphatic rings. The molecule has 2 aromatic carbocycles. The van der Waals surface area contributed by atoms with Gasteiger partial charge in [-0.25, -0.2) is 9.78 Å². The predicted octanol–water partition coefficient (Wildman–Crippen LogP) is 7.04. The van der Waals surface area contributed by atoms with Crippen molar-refractivity contribution in [3.8, 4) is 0 Å². The fraction of sp³-hybridized carbons (Fsp3) is 0.400. The molecule has 1 fully saturated rings. The highest BCUT2D eigenvalue weighted by atomic mass is 32.1. The summed E-state index contributed by atoms with van der Waals surface area (Å²) in [4.78, 5) is 29.9. The van der Waals surface area contributed by atoms with Crippen molar-refractivity contribution in [2.45, 2.75) is 51.1 Å². The van der Waals surface area contributed by atoms with Crippen molar-refractivity contribution in [3.63, 3.8) is 0 Å². The van der Waals surface area contributed by atoms with Gasteiger partial charge in [0.2, 0.25) is 0 Å². The van der Waals surface area contributed by atoms with Crippen LogP contribution >= 0.6 is 11.3 Å². The number of esters is 1. The molecule has 4 rings (SSSR count). The van der Waals surface area contributed by atoms with Crippen LogP contribution in [0.25, 0.3) is 10.2 Å². The van der Waals surface area contributed by atoms with E-state index in [4.69, 9.17) is 9.72 Å². The van der Waals surface area contributed by atoms with Gasteiger partial charge in [-0.3, -0.25) is 4.79 Å². The van der Waals surface area contributed by atoms with Crippen molar-refractivity contribution in [1.82, 2.24) is 4.98 Å². The van der Waals surface area contributed by atoms with E-state index < -0.39 is 23.6 Å². The highest BCUT2D eigenvalue weighted by Gasteiger charge is 2.31. The van der Waals surface area contributed by atoms with E-state index in [1.54, 1.807) is 12.1 Å². The third-order valence-electron chi connectivity index (χ3n) is 6.42. The second-order valence-electron chi connectivity index (χ2n) is 8.57. The SMILES string of the molecule is CC[C@H]1CC[C@H](c2nc3cc(C(=O)OC)c(NC(=O)c4cccc(C(F)(F)F)c4)cc3s2)CC1. The van der Waals surface area contributed by atoms with Crippen molar-refractivity contribution in [2.75, 3.05) is 12.4 Å². The number of rotatable bonds is 5. The summed E-state index contributed by atoms with van der Waals surface area (Å²) in [6.45, 7) is 2.21. The van der Waals surface area contributed by atoms with Crippen molar-refractivity contribution in [3.05, 3.63) is 58.1 Å². The average Bonchev–Trinajstić information content (AvgIpc) is 3.25. The number of methoxy groups -OCH3 is 1. The smallest absolute Gasteiger partial charge is 0.416 e. The zero-order valence-corrected chi connectivity index (χ0v) is 19.7. The first-order chi connectivity index (χ1) is 16.2. The van der Waals surface area contributed by atoms with Crippen molar-refractivity contribution in [1.29, 1.82) is 0 Å². The molecule has 1 heterocycles. The number of carbonyl (C=O) groups is 2. The van der Waals surface area contributed by atoms with Crippen molar-refractivity contribution >= 4 is 39.1 Å². The highest BCUT2D eigenvalue weighted by Crippen LogP contribution is 2.40. The summed E-state index contributed by atoms with van der Waals surface area (Å²) < 4.78 is 44.8. The molecule has 1 saturated carbocycles. The Morgan fingerprint density at radius 2 is 1.88 bits per heavy atom. The lowest BCUT2D eigenvalue weighted by molar-refractivity contribution is -0.137. The Morgan fingerprint density at radius 1 is 1.15 bits per heavy atom. The van der Waals surface area contributed by atoms with Crippen LogP contribution in [0.1, 0.15) is 76.2 Å². The molecule has 0 unspecified atom stereocenters. The lowest BCUT2D eigenvalue weighted by Crippen LogP contribution is -2.16. The van der Waals surface area contributed by atoms with Crippen LogP contribution < -0.4 is 5.32 Å². The Morgan fingerprint density at radius 3 is 2.53 bits per heavy atom. The number of ether oxygens (including phenoxy) is 1. The van der Waals surface area contributed by atoms with E-state index in [0.29, 0.717) is 11.4 Å². The number of thiazole rings is 1. The van der Waals surface area contributed by atoms with Crippen LogP contribution in [0.3, 0.4) is 0 Å². The number of halogens is 3. The van der Waals surface area contributed by atoms with Gasteiger partial charge < -0.3 is 10.1 Å². The maximum absolute atomic E-state index is 13.0. The number of nitrogens with zero attached hydrogens (tertiary/aromatic N) is 1. The van der Waals surface area contributed by atoms with Crippen LogP contribution in [0.15, 0.2) is 36.4 Å². The molecule has 180 valence electrons. The number of aromatic nitrogens is 1. The molecule has 0 spiro atoms. The molecule has 0 saturated heterocycles. The van der Waals surface area contributed by atoms with E-state index in [9.17, 15) is 22.8 Å². The third-order valence-corrected chi connectivity index (χ3v) is 7.60. The van der Waals surface area contributed by atoms with Gasteiger partial charge in [0.1, 0.15) is 0 Å². The Balaban J connectivity index is 1.65. The van der Waals surface area contributed by atoms with Gasteiger partial charge in [-0.05, 0) is 61.9 Å². The minimum atomic E-state index is -4.57. The van der Waals surface area contributed by atoms with Crippen LogP contribution in [0, 0.1) is 5.92 Å². The van der Waals surface area contributed by atoms with Gasteiger partial charge in [0.25, 0.3) is 5.91 Å². The molecule has 1 amide bonds. The number of nitrogens with one attached hydrogen (secondary N) is 1. The van der Waals surface area contributed by atoms with Crippen molar-refractivity contribution < 1.29 is 27.5 Å². The zero-order chi connectivity index (χ0) is 24.5. The fourth-order valence-electron chi connectivity index (χ4n) is 4.40. The molecule has 5 nitrogen and oxygen atoms in total. The van der Waals surface area contributed by atoms with Crippen molar-refractivity contribution in [2.24, 2.45) is 5.92 Å². The van der Waals surface area contributed by atoms with Crippen LogP contribution in [-0.2, 0) is 10.9 Å². The lowest BCUT2D eigenvalue weighted by atomic mass is 9.81. The largest absolute Gasteiger partial charge is 0.465 e. The molecule has 1 aromatic heterocycles. The summed E-state index contributed by atoms with van der Waals surface area (Å²) in [7, 11) is 1.23. The van der Waals surface area contributed by atoms with E-state index in [-0.39, 0.29) is 16.8 Å². The zero-order valence-electron chi connectivity index (χ0n) is 18.9. The molecule has 3 aromatic rings. The summed E-state index contributed by atoms with van der Waals surface area (Å²) in [6.07, 6.45) is 1.10. The standard InChI is InChI=1S/C25H25F3N2O3S/c1-3-14-7-9-15(10-8-14)23-30-20-12-18(24(32)33-2)19(13-21(20)34-23)29-22(31)16-5-4-6-17(11-16)25(26,27)28/h4-6,11-15H,3,7-10H2,1-2H3,(H,29,31)/t14-,15-. The van der Waals surface area contributed by atoms with E-state index in [2.05, 4.69) is 12.2 Å². The summed E-state index contributed by atoms with van der Waals surface area (Å²) in [5.74, 6) is -0.295. The summed E-state index contributed by atoms with van der Waals surface area (Å²) in [6, 6.07) is 7.36. The minimum Gasteiger partial charge on any atom is -0.465 e. The van der Waals surface area contributed by atoms with Crippen LogP contribution in [-0.4, -0.2) is 24.0 Å². The number of amides is 1. The second kappa shape index (κ2) is 9.74. The van der Waals surface area contributed by atoms with Gasteiger partial charge >= 0.3 is 12.1 Å². The summed E-state index contributed by atoms with van der Waals surface area (Å²) in [5.41, 5.74) is -0.180. The molecule has 0 radical (unpaired) electrons. The van der Waals surface area contributed by atoms with E-state index in [0.717, 1.165) is 40.6 Å². The topological polar surface area (TPSA) is 68.3 Å². The average molecular weight is 491 g/mol. The Labute approximate surface area is 199 Å². The first-order valence-corrected chi connectivity index (χ1v) is 12.0. The normalized spacial score (nSPS) is 18.6. The fourth-order valence-corrected chi connectivity index (χ4v) is 5.56. The molecular weight excluding hydrogens is 465 g/mol. The number of hydrogen-bond donors (Lipinski definition) is 1. The van der Waals surface area contributed by atoms with Crippen LogP contribution in [0.5, 0.6) is 0 Å². The number of hydrogen-bond acceptors (Lipinski definition) is 5. The van der Waals surface area contributed by atoms with Gasteiger partial charge in [-0.2, -0.15) is 13.2 Å². The maximum atomic E-state index is 13.0. The molecule has 9 heteroatoms. The van der Waals surface area contributed by atoms with E-state index in [1.165, 1.54) is 49.8 Å². The Bertz CT molecular complexity index is 1210. The molecule has 0 atom stereocenters. The Hall–Kier alpha value is -2.94. The number of anilines is 1. The van der Waals surface area contributed by atoms with Gasteiger partial charge in [0.15, 0.2) is 0 Å². The quantitative estimate of drug-likeness (QED) is 0.390. The number of benzene rings is 2. The van der Waals surface area contributed by atoms with E-state index in [1.807, 2.05) is 0 Å². The number of carbonyl (C=O) groups excluding carboxylic acids is 2. The first-order valence-electron chi connectivity index (χ1n) is 11.2. The maximum Gasteiger partial charge on any atom is 0.416 e. The number of alkyl halides is 3. The highest BCUT2D eigenvalue weighted by molar-refractivity contribution is 7.18. The summed E-state index contributed by atoms with van der Waals surface area (Å²) in [5, 5.41) is 3.59. The molecule has 0 aliphatic heterocycles. The monoisotopic (exact) mass is 490 g/mol. The predicted molar refractivity (Wildman–Crippen MR) is 125 cm³/mol. The van der Waals surface area contributed by atoms with Crippen LogP contribution in [0.4, 0.5) is 18.9 Å². The molecule has 1 N–H and O–H groups in total. The van der Waals surface area contributed by atoms with Crippen LogP contribution in [0.2, 0.25) is 0 Å². The van der Waals surface area contributed by atoms with Gasteiger partial charge in [0, 0.05) is 11.5 Å². The van der Waals surface area contributed by atoms with Gasteiger partial charge in [-0.15, -0.1) is 11.3 Å². The number of fused-ring (bicyclic) bond motifs is 1. The van der Waals surface area contributed by atoms with Gasteiger partial charge in [0.05, 0.1) is 39.1 Å². The van der Waals surface area contributed by atoms with Gasteiger partial charge in [-0.1, -0.05) is 19.4 Å².